The standard InChI is InChI=1S/C19H37NO/c1-2-3-4-5-6-7-8-9-10-11-12-13-14-15-16-19(17-20)18-21/h19,21H,2-16,18H2,1H3. The van der Waals surface area contributed by atoms with Gasteiger partial charge in [-0.3, -0.25) is 0 Å². The third-order valence-corrected chi connectivity index (χ3v) is 4.31. The molecule has 0 spiro atoms. The number of hydrogen-bond acceptors (Lipinski definition) is 2. The first kappa shape index (κ1) is 20.5. The number of hydrogen-bond donors (Lipinski definition) is 1. The quantitative estimate of drug-likeness (QED) is 0.355. The fourth-order valence-corrected chi connectivity index (χ4v) is 2.78. The highest BCUT2D eigenvalue weighted by atomic mass is 16.3. The van der Waals surface area contributed by atoms with Crippen LogP contribution in [0.15, 0.2) is 0 Å². The van der Waals surface area contributed by atoms with Crippen LogP contribution in [0.2, 0.25) is 0 Å². The minimum Gasteiger partial charge on any atom is -0.395 e. The highest BCUT2D eigenvalue weighted by molar-refractivity contribution is 4.81. The second kappa shape index (κ2) is 17.5. The zero-order valence-corrected chi connectivity index (χ0v) is 14.3. The Morgan fingerprint density at radius 2 is 1.10 bits per heavy atom. The van der Waals surface area contributed by atoms with Crippen LogP contribution in [0.25, 0.3) is 0 Å². The summed E-state index contributed by atoms with van der Waals surface area (Å²) in [5.41, 5.74) is 0. The molecular formula is C19H37NO. The molecule has 21 heavy (non-hydrogen) atoms. The summed E-state index contributed by atoms with van der Waals surface area (Å²) < 4.78 is 0. The van der Waals surface area contributed by atoms with Crippen molar-refractivity contribution in [3.8, 4) is 6.07 Å². The molecule has 1 N–H and O–H groups in total. The maximum atomic E-state index is 8.91. The summed E-state index contributed by atoms with van der Waals surface area (Å²) in [5.74, 6) is -0.137. The van der Waals surface area contributed by atoms with Crippen LogP contribution in [0, 0.1) is 17.2 Å². The number of nitrogens with zero attached hydrogens (tertiary/aromatic N) is 1. The van der Waals surface area contributed by atoms with Crippen molar-refractivity contribution in [2.24, 2.45) is 5.92 Å². The average molecular weight is 296 g/mol. The molecule has 0 aliphatic rings. The average Bonchev–Trinajstić information content (AvgIpc) is 2.51. The van der Waals surface area contributed by atoms with Crippen LogP contribution in [0.4, 0.5) is 0 Å². The molecule has 0 radical (unpaired) electrons. The van der Waals surface area contributed by atoms with Crippen molar-refractivity contribution >= 4 is 0 Å². The molecule has 0 heterocycles. The lowest BCUT2D eigenvalue weighted by Gasteiger charge is -2.05. The third-order valence-electron chi connectivity index (χ3n) is 4.31. The van der Waals surface area contributed by atoms with Crippen molar-refractivity contribution in [1.82, 2.24) is 0 Å². The van der Waals surface area contributed by atoms with Crippen LogP contribution in [0.3, 0.4) is 0 Å². The normalized spacial score (nSPS) is 12.2. The van der Waals surface area contributed by atoms with Gasteiger partial charge in [0.15, 0.2) is 0 Å². The third kappa shape index (κ3) is 15.7. The van der Waals surface area contributed by atoms with E-state index in [1.807, 2.05) is 0 Å². The monoisotopic (exact) mass is 295 g/mol. The van der Waals surface area contributed by atoms with Crippen LogP contribution in [-0.2, 0) is 0 Å². The van der Waals surface area contributed by atoms with Gasteiger partial charge in [0, 0.05) is 0 Å². The fourth-order valence-electron chi connectivity index (χ4n) is 2.78. The van der Waals surface area contributed by atoms with Gasteiger partial charge in [-0.2, -0.15) is 5.26 Å². The second-order valence-corrected chi connectivity index (χ2v) is 6.39. The summed E-state index contributed by atoms with van der Waals surface area (Å²) in [6.45, 7) is 2.30. The molecule has 2 nitrogen and oxygen atoms in total. The predicted molar refractivity (Wildman–Crippen MR) is 91.1 cm³/mol. The Morgan fingerprint density at radius 3 is 1.43 bits per heavy atom. The minimum atomic E-state index is -0.137. The van der Waals surface area contributed by atoms with Crippen LogP contribution >= 0.6 is 0 Å². The van der Waals surface area contributed by atoms with E-state index in [0.717, 1.165) is 12.8 Å². The van der Waals surface area contributed by atoms with Gasteiger partial charge in [-0.15, -0.1) is 0 Å². The summed E-state index contributed by atoms with van der Waals surface area (Å²) in [6.07, 6.45) is 19.9. The van der Waals surface area contributed by atoms with Gasteiger partial charge in [0.1, 0.15) is 0 Å². The topological polar surface area (TPSA) is 44.0 Å². The fraction of sp³-hybridized carbons (Fsp3) is 0.947. The largest absolute Gasteiger partial charge is 0.395 e. The predicted octanol–water partition coefficient (Wildman–Crippen LogP) is 5.99. The molecule has 0 aliphatic heterocycles. The highest BCUT2D eigenvalue weighted by Crippen LogP contribution is 2.14. The molecule has 1 atom stereocenters. The van der Waals surface area contributed by atoms with E-state index in [0.29, 0.717) is 0 Å². The Labute approximate surface area is 132 Å². The van der Waals surface area contributed by atoms with E-state index in [4.69, 9.17) is 10.4 Å². The zero-order chi connectivity index (χ0) is 15.6. The molecule has 0 saturated heterocycles. The number of nitriles is 1. The van der Waals surface area contributed by atoms with E-state index in [9.17, 15) is 0 Å². The van der Waals surface area contributed by atoms with Gasteiger partial charge in [-0.25, -0.2) is 0 Å². The molecule has 0 aromatic rings. The molecule has 0 aliphatic carbocycles. The first-order chi connectivity index (χ1) is 10.3. The van der Waals surface area contributed by atoms with Gasteiger partial charge in [-0.1, -0.05) is 96.8 Å². The van der Waals surface area contributed by atoms with Crippen molar-refractivity contribution < 1.29 is 5.11 Å². The van der Waals surface area contributed by atoms with Gasteiger partial charge in [0.2, 0.25) is 0 Å². The van der Waals surface area contributed by atoms with Crippen molar-refractivity contribution in [2.45, 2.75) is 103 Å². The van der Waals surface area contributed by atoms with Crippen LogP contribution < -0.4 is 0 Å². The Hall–Kier alpha value is -0.550. The molecule has 0 aromatic heterocycles. The summed E-state index contributed by atoms with van der Waals surface area (Å²) in [4.78, 5) is 0. The van der Waals surface area contributed by atoms with Gasteiger partial charge >= 0.3 is 0 Å². The molecule has 0 amide bonds. The van der Waals surface area contributed by atoms with E-state index < -0.39 is 0 Å². The molecule has 124 valence electrons. The van der Waals surface area contributed by atoms with Crippen molar-refractivity contribution in [3.05, 3.63) is 0 Å². The maximum Gasteiger partial charge on any atom is 0.0694 e. The first-order valence-corrected chi connectivity index (χ1v) is 9.35. The Morgan fingerprint density at radius 1 is 0.714 bits per heavy atom. The first-order valence-electron chi connectivity index (χ1n) is 9.35. The Kier molecular flexibility index (Phi) is 17.0. The Balaban J connectivity index is 3.04. The maximum absolute atomic E-state index is 8.91. The smallest absolute Gasteiger partial charge is 0.0694 e. The van der Waals surface area contributed by atoms with E-state index in [1.54, 1.807) is 0 Å². The summed E-state index contributed by atoms with van der Waals surface area (Å²) >= 11 is 0. The van der Waals surface area contributed by atoms with Crippen LogP contribution in [0.5, 0.6) is 0 Å². The molecule has 0 saturated carbocycles. The Bertz CT molecular complexity index is 234. The van der Waals surface area contributed by atoms with Gasteiger partial charge in [0.05, 0.1) is 18.6 Å². The molecule has 0 fully saturated rings. The van der Waals surface area contributed by atoms with Crippen molar-refractivity contribution in [2.75, 3.05) is 6.61 Å². The van der Waals surface area contributed by atoms with Gasteiger partial charge < -0.3 is 5.11 Å². The lowest BCUT2D eigenvalue weighted by molar-refractivity contribution is 0.247. The zero-order valence-electron chi connectivity index (χ0n) is 14.3. The highest BCUT2D eigenvalue weighted by Gasteiger charge is 2.04. The molecule has 2 heteroatoms. The molecular weight excluding hydrogens is 258 g/mol. The SMILES string of the molecule is CCCCCCCCCCCCCCCCC(C#N)CO. The van der Waals surface area contributed by atoms with E-state index in [1.165, 1.54) is 83.5 Å². The van der Waals surface area contributed by atoms with Crippen molar-refractivity contribution in [3.63, 3.8) is 0 Å². The number of rotatable bonds is 16. The number of aliphatic hydroxyl groups is 1. The molecule has 1 unspecified atom stereocenters. The lowest BCUT2D eigenvalue weighted by atomic mass is 10.0. The lowest BCUT2D eigenvalue weighted by Crippen LogP contribution is -2.02. The van der Waals surface area contributed by atoms with Crippen LogP contribution in [0.1, 0.15) is 103 Å². The van der Waals surface area contributed by atoms with Crippen molar-refractivity contribution in [1.29, 1.82) is 5.26 Å². The van der Waals surface area contributed by atoms with E-state index in [2.05, 4.69) is 13.0 Å². The van der Waals surface area contributed by atoms with E-state index >= 15 is 0 Å². The number of unbranched alkanes of at least 4 members (excludes halogenated alkanes) is 13. The summed E-state index contributed by atoms with van der Waals surface area (Å²) in [7, 11) is 0. The molecule has 0 aromatic carbocycles. The van der Waals surface area contributed by atoms with Gasteiger partial charge in [-0.05, 0) is 6.42 Å². The second-order valence-electron chi connectivity index (χ2n) is 6.39. The van der Waals surface area contributed by atoms with Crippen LogP contribution in [-0.4, -0.2) is 11.7 Å². The van der Waals surface area contributed by atoms with E-state index in [-0.39, 0.29) is 12.5 Å². The summed E-state index contributed by atoms with van der Waals surface area (Å²) in [6, 6.07) is 2.15. The summed E-state index contributed by atoms with van der Waals surface area (Å²) in [5, 5.41) is 17.6. The van der Waals surface area contributed by atoms with Gasteiger partial charge in [0.25, 0.3) is 0 Å². The minimum absolute atomic E-state index is 0.0228. The molecule has 0 bridgehead atoms. The number of aliphatic hydroxyl groups excluding tert-OH is 1. The molecule has 0 rings (SSSR count).